The van der Waals surface area contributed by atoms with E-state index in [0.29, 0.717) is 32.1 Å². The number of likely N-dealkylation sites (tertiary alicyclic amines) is 2. The van der Waals surface area contributed by atoms with E-state index in [1.54, 1.807) is 11.3 Å². The Kier molecular flexibility index (Phi) is 6.06. The van der Waals surface area contributed by atoms with Crippen LogP contribution in [0.3, 0.4) is 0 Å². The van der Waals surface area contributed by atoms with Gasteiger partial charge in [-0.1, -0.05) is 0 Å². The van der Waals surface area contributed by atoms with Crippen LogP contribution in [-0.4, -0.2) is 71.3 Å². The smallest absolute Gasteiger partial charge is 0.236 e. The Morgan fingerprint density at radius 1 is 1.20 bits per heavy atom. The molecular weight excluding hydrogens is 336 g/mol. The predicted octanol–water partition coefficient (Wildman–Crippen LogP) is 1.74. The maximum Gasteiger partial charge on any atom is 0.236 e. The zero-order valence-corrected chi connectivity index (χ0v) is 16.1. The summed E-state index contributed by atoms with van der Waals surface area (Å²) in [6.45, 7) is 6.32. The van der Waals surface area contributed by atoms with Gasteiger partial charge in [0.05, 0.1) is 17.2 Å². The minimum absolute atomic E-state index is 0.109. The highest BCUT2D eigenvalue weighted by Crippen LogP contribution is 2.22. The minimum atomic E-state index is 0.109. The Morgan fingerprint density at radius 3 is 2.48 bits per heavy atom. The van der Waals surface area contributed by atoms with Gasteiger partial charge in [-0.15, -0.1) is 11.3 Å². The van der Waals surface area contributed by atoms with Crippen molar-refractivity contribution in [3.05, 3.63) is 16.1 Å². The van der Waals surface area contributed by atoms with Crippen molar-refractivity contribution in [1.29, 1.82) is 0 Å². The number of carbonyl (C=O) groups excluding carboxylic acids is 2. The fourth-order valence-corrected chi connectivity index (χ4v) is 4.32. The molecule has 0 unspecified atom stereocenters. The average molecular weight is 365 g/mol. The lowest BCUT2D eigenvalue weighted by atomic mass is 9.95. The Labute approximate surface area is 153 Å². The third kappa shape index (κ3) is 4.79. The van der Waals surface area contributed by atoms with Crippen LogP contribution < -0.4 is 0 Å². The minimum Gasteiger partial charge on any atom is -0.342 e. The molecule has 0 radical (unpaired) electrons. The standard InChI is InChI=1S/C18H28N4O2S/c1-14-19-16(13-25-14)11-20(2)12-17(23)21-9-5-15(6-10-21)18(24)22-7-3-4-8-22/h13,15H,3-12H2,1-2H3. The van der Waals surface area contributed by atoms with E-state index in [-0.39, 0.29) is 11.8 Å². The quantitative estimate of drug-likeness (QED) is 0.799. The highest BCUT2D eigenvalue weighted by atomic mass is 32.1. The number of piperidine rings is 1. The van der Waals surface area contributed by atoms with Crippen molar-refractivity contribution in [3.8, 4) is 0 Å². The molecule has 0 saturated carbocycles. The van der Waals surface area contributed by atoms with E-state index in [2.05, 4.69) is 4.98 Å². The molecule has 2 aliphatic heterocycles. The first kappa shape index (κ1) is 18.3. The van der Waals surface area contributed by atoms with Gasteiger partial charge in [0.25, 0.3) is 0 Å². The zero-order valence-electron chi connectivity index (χ0n) is 15.2. The molecule has 0 atom stereocenters. The van der Waals surface area contributed by atoms with Gasteiger partial charge in [-0.05, 0) is 39.7 Å². The normalized spacial score (nSPS) is 19.0. The first-order valence-corrected chi connectivity index (χ1v) is 10.1. The third-order valence-corrected chi connectivity index (χ3v) is 5.94. The molecule has 2 aliphatic rings. The lowest BCUT2D eigenvalue weighted by molar-refractivity contribution is -0.140. The molecule has 0 aliphatic carbocycles. The molecule has 7 heteroatoms. The van der Waals surface area contributed by atoms with Gasteiger partial charge in [0.15, 0.2) is 0 Å². The summed E-state index contributed by atoms with van der Waals surface area (Å²) in [6, 6.07) is 0. The summed E-state index contributed by atoms with van der Waals surface area (Å²) in [5.74, 6) is 0.569. The first-order chi connectivity index (χ1) is 12.0. The second kappa shape index (κ2) is 8.27. The molecule has 0 bridgehead atoms. The summed E-state index contributed by atoms with van der Waals surface area (Å²) in [5, 5.41) is 3.10. The van der Waals surface area contributed by atoms with E-state index in [0.717, 1.165) is 49.5 Å². The number of nitrogens with zero attached hydrogens (tertiary/aromatic N) is 4. The number of rotatable bonds is 5. The maximum absolute atomic E-state index is 12.5. The number of carbonyl (C=O) groups is 2. The van der Waals surface area contributed by atoms with Gasteiger partial charge in [0, 0.05) is 44.0 Å². The second-order valence-corrected chi connectivity index (χ2v) is 8.28. The monoisotopic (exact) mass is 364 g/mol. The van der Waals surface area contributed by atoms with Crippen LogP contribution >= 0.6 is 11.3 Å². The number of aryl methyl sites for hydroxylation is 1. The maximum atomic E-state index is 12.5. The van der Waals surface area contributed by atoms with Crippen LogP contribution in [0, 0.1) is 12.8 Å². The number of aromatic nitrogens is 1. The Balaban J connectivity index is 1.42. The molecule has 2 fully saturated rings. The number of hydrogen-bond acceptors (Lipinski definition) is 5. The summed E-state index contributed by atoms with van der Waals surface area (Å²) in [7, 11) is 1.95. The lowest BCUT2D eigenvalue weighted by Crippen LogP contribution is -2.46. The SMILES string of the molecule is Cc1nc(CN(C)CC(=O)N2CCC(C(=O)N3CCCC3)CC2)cs1. The van der Waals surface area contributed by atoms with E-state index in [1.807, 2.05) is 34.1 Å². The number of hydrogen-bond donors (Lipinski definition) is 0. The van der Waals surface area contributed by atoms with Gasteiger partial charge in [-0.25, -0.2) is 4.98 Å². The van der Waals surface area contributed by atoms with Crippen LogP contribution in [0.1, 0.15) is 36.4 Å². The van der Waals surface area contributed by atoms with E-state index in [1.165, 1.54) is 0 Å². The van der Waals surface area contributed by atoms with Crippen molar-refractivity contribution in [3.63, 3.8) is 0 Å². The van der Waals surface area contributed by atoms with E-state index >= 15 is 0 Å². The second-order valence-electron chi connectivity index (χ2n) is 7.22. The molecule has 1 aromatic rings. The van der Waals surface area contributed by atoms with Gasteiger partial charge in [0.2, 0.25) is 11.8 Å². The molecule has 0 aromatic carbocycles. The van der Waals surface area contributed by atoms with Crippen molar-refractivity contribution < 1.29 is 9.59 Å². The molecule has 1 aromatic heterocycles. The van der Waals surface area contributed by atoms with Crippen LogP contribution in [0.25, 0.3) is 0 Å². The molecule has 6 nitrogen and oxygen atoms in total. The van der Waals surface area contributed by atoms with Crippen molar-refractivity contribution in [2.24, 2.45) is 5.92 Å². The summed E-state index contributed by atoms with van der Waals surface area (Å²) in [5.41, 5.74) is 1.02. The van der Waals surface area contributed by atoms with Gasteiger partial charge in [0.1, 0.15) is 0 Å². The van der Waals surface area contributed by atoms with Crippen molar-refractivity contribution in [1.82, 2.24) is 19.7 Å². The highest BCUT2D eigenvalue weighted by Gasteiger charge is 2.31. The molecule has 0 N–H and O–H groups in total. The molecule has 138 valence electrons. The Bertz CT molecular complexity index is 604. The molecule has 3 rings (SSSR count). The van der Waals surface area contributed by atoms with E-state index < -0.39 is 0 Å². The fraction of sp³-hybridized carbons (Fsp3) is 0.722. The van der Waals surface area contributed by atoms with Crippen molar-refractivity contribution in [2.45, 2.75) is 39.2 Å². The Hall–Kier alpha value is -1.47. The first-order valence-electron chi connectivity index (χ1n) is 9.19. The van der Waals surface area contributed by atoms with Gasteiger partial charge < -0.3 is 9.80 Å². The fourth-order valence-electron chi connectivity index (χ4n) is 3.72. The molecule has 3 heterocycles. The number of thiazole rings is 1. The Morgan fingerprint density at radius 2 is 1.88 bits per heavy atom. The molecule has 2 saturated heterocycles. The van der Waals surface area contributed by atoms with E-state index in [4.69, 9.17) is 0 Å². The van der Waals surface area contributed by atoms with Crippen LogP contribution in [0.2, 0.25) is 0 Å². The largest absolute Gasteiger partial charge is 0.342 e. The average Bonchev–Trinajstić information content (AvgIpc) is 3.26. The van der Waals surface area contributed by atoms with Gasteiger partial charge in [-0.3, -0.25) is 14.5 Å². The molecule has 2 amide bonds. The molecule has 0 spiro atoms. The van der Waals surface area contributed by atoms with Crippen LogP contribution in [-0.2, 0) is 16.1 Å². The molecular formula is C18H28N4O2S. The van der Waals surface area contributed by atoms with Crippen LogP contribution in [0.15, 0.2) is 5.38 Å². The van der Waals surface area contributed by atoms with Gasteiger partial charge >= 0.3 is 0 Å². The van der Waals surface area contributed by atoms with Crippen LogP contribution in [0.4, 0.5) is 0 Å². The predicted molar refractivity (Wildman–Crippen MR) is 98.3 cm³/mol. The summed E-state index contributed by atoms with van der Waals surface area (Å²) >= 11 is 1.64. The van der Waals surface area contributed by atoms with Crippen molar-refractivity contribution in [2.75, 3.05) is 39.8 Å². The topological polar surface area (TPSA) is 56.8 Å². The third-order valence-electron chi connectivity index (χ3n) is 5.12. The number of amides is 2. The summed E-state index contributed by atoms with van der Waals surface area (Å²) in [4.78, 5) is 35.4. The summed E-state index contributed by atoms with van der Waals surface area (Å²) in [6.07, 6.45) is 3.87. The van der Waals surface area contributed by atoms with E-state index in [9.17, 15) is 9.59 Å². The number of likely N-dealkylation sites (N-methyl/N-ethyl adjacent to an activating group) is 1. The lowest BCUT2D eigenvalue weighted by Gasteiger charge is -2.34. The molecule has 25 heavy (non-hydrogen) atoms. The van der Waals surface area contributed by atoms with Crippen molar-refractivity contribution >= 4 is 23.2 Å². The summed E-state index contributed by atoms with van der Waals surface area (Å²) < 4.78 is 0. The van der Waals surface area contributed by atoms with Crippen LogP contribution in [0.5, 0.6) is 0 Å². The zero-order chi connectivity index (χ0) is 17.8. The highest BCUT2D eigenvalue weighted by molar-refractivity contribution is 7.09. The van der Waals surface area contributed by atoms with Gasteiger partial charge in [-0.2, -0.15) is 0 Å².